The van der Waals surface area contributed by atoms with Crippen molar-refractivity contribution in [2.75, 3.05) is 19.6 Å². The highest BCUT2D eigenvalue weighted by atomic mass is 32.2. The van der Waals surface area contributed by atoms with Gasteiger partial charge in [-0.05, 0) is 39.8 Å². The lowest BCUT2D eigenvalue weighted by Crippen LogP contribution is -2.40. The lowest BCUT2D eigenvalue weighted by atomic mass is 10.3. The summed E-state index contributed by atoms with van der Waals surface area (Å²) in [7, 11) is -3.44. The highest BCUT2D eigenvalue weighted by Gasteiger charge is 2.22. The Kier molecular flexibility index (Phi) is 4.04. The molecule has 0 amide bonds. The molecule has 1 aliphatic rings. The Hall–Kier alpha value is -0.920. The molecule has 6 nitrogen and oxygen atoms in total. The number of nitrogens with zero attached hydrogens (tertiary/aromatic N) is 2. The Morgan fingerprint density at radius 3 is 2.72 bits per heavy atom. The van der Waals surface area contributed by atoms with Gasteiger partial charge in [-0.25, -0.2) is 13.1 Å². The van der Waals surface area contributed by atoms with Crippen LogP contribution in [-0.2, 0) is 10.0 Å². The van der Waals surface area contributed by atoms with Crippen LogP contribution in [0.4, 0.5) is 0 Å². The van der Waals surface area contributed by atoms with Crippen molar-refractivity contribution in [3.8, 4) is 0 Å². The monoisotopic (exact) mass is 272 g/mol. The van der Waals surface area contributed by atoms with E-state index in [4.69, 9.17) is 0 Å². The standard InChI is InChI=1S/C11H20N4O2S/c1-9(15-5-3-4-6-15)7-13-18(16,17)11-8-12-14-10(11)2/h8-9,13H,3-7H2,1-2H3,(H,12,14). The number of rotatable bonds is 5. The third-order valence-electron chi connectivity index (χ3n) is 3.41. The summed E-state index contributed by atoms with van der Waals surface area (Å²) in [6, 6.07) is 0.231. The zero-order chi connectivity index (χ0) is 13.2. The molecule has 0 aliphatic carbocycles. The average Bonchev–Trinajstić information content (AvgIpc) is 2.96. The van der Waals surface area contributed by atoms with E-state index in [2.05, 4.69) is 26.7 Å². The zero-order valence-electron chi connectivity index (χ0n) is 10.8. The van der Waals surface area contributed by atoms with Crippen LogP contribution in [0.2, 0.25) is 0 Å². The summed E-state index contributed by atoms with van der Waals surface area (Å²) >= 11 is 0. The molecule has 1 aromatic rings. The van der Waals surface area contributed by atoms with E-state index < -0.39 is 10.0 Å². The van der Waals surface area contributed by atoms with E-state index in [1.165, 1.54) is 19.0 Å². The summed E-state index contributed by atoms with van der Waals surface area (Å²) in [5, 5.41) is 6.38. The smallest absolute Gasteiger partial charge is 0.244 e. The highest BCUT2D eigenvalue weighted by Crippen LogP contribution is 2.13. The number of hydrogen-bond donors (Lipinski definition) is 2. The van der Waals surface area contributed by atoms with Gasteiger partial charge in [0.05, 0.1) is 11.9 Å². The van der Waals surface area contributed by atoms with Crippen molar-refractivity contribution in [3.63, 3.8) is 0 Å². The Balaban J connectivity index is 1.95. The second-order valence-electron chi connectivity index (χ2n) is 4.80. The number of H-pyrrole nitrogens is 1. The Morgan fingerprint density at radius 1 is 1.50 bits per heavy atom. The van der Waals surface area contributed by atoms with Gasteiger partial charge in [-0.1, -0.05) is 0 Å². The molecule has 2 rings (SSSR count). The number of likely N-dealkylation sites (tertiary alicyclic amines) is 1. The summed E-state index contributed by atoms with van der Waals surface area (Å²) in [6.07, 6.45) is 3.76. The van der Waals surface area contributed by atoms with Crippen molar-refractivity contribution in [2.45, 2.75) is 37.6 Å². The van der Waals surface area contributed by atoms with Crippen LogP contribution in [0, 0.1) is 6.92 Å². The van der Waals surface area contributed by atoms with E-state index in [-0.39, 0.29) is 10.9 Å². The largest absolute Gasteiger partial charge is 0.299 e. The zero-order valence-corrected chi connectivity index (χ0v) is 11.6. The lowest BCUT2D eigenvalue weighted by molar-refractivity contribution is 0.260. The van der Waals surface area contributed by atoms with Gasteiger partial charge in [-0.3, -0.25) is 10.00 Å². The molecule has 0 spiro atoms. The van der Waals surface area contributed by atoms with Crippen LogP contribution in [0.25, 0.3) is 0 Å². The maximum absolute atomic E-state index is 12.0. The van der Waals surface area contributed by atoms with Crippen molar-refractivity contribution in [1.82, 2.24) is 19.8 Å². The van der Waals surface area contributed by atoms with E-state index in [9.17, 15) is 8.42 Å². The molecule has 2 N–H and O–H groups in total. The van der Waals surface area contributed by atoms with Crippen LogP contribution in [0.15, 0.2) is 11.1 Å². The average molecular weight is 272 g/mol. The number of nitrogens with one attached hydrogen (secondary N) is 2. The van der Waals surface area contributed by atoms with Crippen LogP contribution in [-0.4, -0.2) is 49.2 Å². The molecule has 2 heterocycles. The fraction of sp³-hybridized carbons (Fsp3) is 0.727. The maximum Gasteiger partial charge on any atom is 0.244 e. The van der Waals surface area contributed by atoms with Crippen LogP contribution in [0.1, 0.15) is 25.5 Å². The summed E-state index contributed by atoms with van der Waals surface area (Å²) in [6.45, 7) is 6.32. The molecule has 0 radical (unpaired) electrons. The molecule has 1 aliphatic heterocycles. The quantitative estimate of drug-likeness (QED) is 0.817. The molecule has 1 unspecified atom stereocenters. The number of aromatic nitrogens is 2. The molecule has 18 heavy (non-hydrogen) atoms. The second kappa shape index (κ2) is 5.38. The maximum atomic E-state index is 12.0. The summed E-state index contributed by atoms with van der Waals surface area (Å²) in [4.78, 5) is 2.54. The van der Waals surface area contributed by atoms with Gasteiger partial charge in [-0.2, -0.15) is 5.10 Å². The summed E-state index contributed by atoms with van der Waals surface area (Å²) < 4.78 is 26.7. The summed E-state index contributed by atoms with van der Waals surface area (Å²) in [5.41, 5.74) is 0.566. The molecular formula is C11H20N4O2S. The third kappa shape index (κ3) is 2.90. The predicted molar refractivity (Wildman–Crippen MR) is 68.8 cm³/mol. The van der Waals surface area contributed by atoms with E-state index in [1.807, 2.05) is 0 Å². The first-order chi connectivity index (χ1) is 8.50. The fourth-order valence-corrected chi connectivity index (χ4v) is 3.49. The minimum atomic E-state index is -3.44. The Labute approximate surface area is 108 Å². The number of hydrogen-bond acceptors (Lipinski definition) is 4. The van der Waals surface area contributed by atoms with E-state index in [0.29, 0.717) is 12.2 Å². The van der Waals surface area contributed by atoms with E-state index in [1.54, 1.807) is 6.92 Å². The van der Waals surface area contributed by atoms with Crippen LogP contribution in [0.5, 0.6) is 0 Å². The molecule has 7 heteroatoms. The van der Waals surface area contributed by atoms with Gasteiger partial charge in [-0.15, -0.1) is 0 Å². The first kappa shape index (κ1) is 13.5. The topological polar surface area (TPSA) is 78.1 Å². The van der Waals surface area contributed by atoms with Crippen LogP contribution < -0.4 is 4.72 Å². The lowest BCUT2D eigenvalue weighted by Gasteiger charge is -2.23. The molecule has 0 saturated carbocycles. The molecule has 1 atom stereocenters. The minimum Gasteiger partial charge on any atom is -0.299 e. The summed E-state index contributed by atoms with van der Waals surface area (Å²) in [5.74, 6) is 0. The third-order valence-corrected chi connectivity index (χ3v) is 4.94. The molecule has 1 fully saturated rings. The van der Waals surface area contributed by atoms with Crippen molar-refractivity contribution >= 4 is 10.0 Å². The normalized spacial score (nSPS) is 19.2. The molecular weight excluding hydrogens is 252 g/mol. The van der Waals surface area contributed by atoms with Gasteiger partial charge in [0, 0.05) is 12.6 Å². The number of sulfonamides is 1. The molecule has 1 aromatic heterocycles. The molecule has 0 aromatic carbocycles. The van der Waals surface area contributed by atoms with Crippen molar-refractivity contribution in [3.05, 3.63) is 11.9 Å². The SMILES string of the molecule is Cc1[nH]ncc1S(=O)(=O)NCC(C)N1CCCC1. The number of aromatic amines is 1. The van der Waals surface area contributed by atoms with Crippen molar-refractivity contribution < 1.29 is 8.42 Å². The Bertz CT molecular complexity index is 491. The van der Waals surface area contributed by atoms with Gasteiger partial charge in [0.15, 0.2) is 0 Å². The minimum absolute atomic E-state index is 0.231. The van der Waals surface area contributed by atoms with Gasteiger partial charge >= 0.3 is 0 Å². The van der Waals surface area contributed by atoms with Gasteiger partial charge in [0.1, 0.15) is 4.90 Å². The number of aryl methyl sites for hydroxylation is 1. The Morgan fingerprint density at radius 2 is 2.17 bits per heavy atom. The van der Waals surface area contributed by atoms with E-state index in [0.717, 1.165) is 13.1 Å². The van der Waals surface area contributed by atoms with Crippen molar-refractivity contribution in [1.29, 1.82) is 0 Å². The first-order valence-corrected chi connectivity index (χ1v) is 7.73. The van der Waals surface area contributed by atoms with Crippen LogP contribution in [0.3, 0.4) is 0 Å². The highest BCUT2D eigenvalue weighted by molar-refractivity contribution is 7.89. The van der Waals surface area contributed by atoms with Gasteiger partial charge in [0.2, 0.25) is 10.0 Å². The molecule has 0 bridgehead atoms. The molecule has 102 valence electrons. The fourth-order valence-electron chi connectivity index (χ4n) is 2.23. The predicted octanol–water partition coefficient (Wildman–Crippen LogP) is 0.481. The van der Waals surface area contributed by atoms with Gasteiger partial charge in [0.25, 0.3) is 0 Å². The molecule has 1 saturated heterocycles. The van der Waals surface area contributed by atoms with Crippen LogP contribution >= 0.6 is 0 Å². The second-order valence-corrected chi connectivity index (χ2v) is 6.54. The first-order valence-electron chi connectivity index (χ1n) is 6.24. The van der Waals surface area contributed by atoms with Gasteiger partial charge < -0.3 is 0 Å². The van der Waals surface area contributed by atoms with Crippen molar-refractivity contribution in [2.24, 2.45) is 0 Å². The van der Waals surface area contributed by atoms with E-state index >= 15 is 0 Å².